The van der Waals surface area contributed by atoms with Gasteiger partial charge in [-0.15, -0.1) is 0 Å². The molecule has 3 rings (SSSR count). The number of anilines is 2. The number of aromatic nitrogens is 2. The maximum absolute atomic E-state index is 12.2. The molecule has 0 atom stereocenters. The van der Waals surface area contributed by atoms with Crippen LogP contribution in [0.25, 0.3) is 28.6 Å². The number of hydrogen-bond donors (Lipinski definition) is 5. The van der Waals surface area contributed by atoms with Gasteiger partial charge in [0.25, 0.3) is 5.56 Å². The first-order chi connectivity index (χ1) is 17.2. The first-order valence-corrected chi connectivity index (χ1v) is 11.2. The van der Waals surface area contributed by atoms with E-state index < -0.39 is 11.5 Å². The van der Waals surface area contributed by atoms with Gasteiger partial charge in [-0.1, -0.05) is 12.1 Å². The molecule has 2 aromatic carbocycles. The van der Waals surface area contributed by atoms with E-state index in [0.717, 1.165) is 17.2 Å². The van der Waals surface area contributed by atoms with E-state index in [2.05, 4.69) is 15.4 Å². The molecular formula is C25H30N6O5. The highest BCUT2D eigenvalue weighted by Gasteiger charge is 2.15. The van der Waals surface area contributed by atoms with Crippen molar-refractivity contribution in [3.05, 3.63) is 58.4 Å². The second-order valence-electron chi connectivity index (χ2n) is 8.04. The molecule has 11 heteroatoms. The molecule has 190 valence electrons. The fourth-order valence-electron chi connectivity index (χ4n) is 3.38. The summed E-state index contributed by atoms with van der Waals surface area (Å²) in [5, 5.41) is 9.11. The van der Waals surface area contributed by atoms with E-state index in [9.17, 15) is 9.59 Å². The highest BCUT2D eigenvalue weighted by atomic mass is 16.5. The van der Waals surface area contributed by atoms with Crippen LogP contribution in [0.15, 0.2) is 47.3 Å². The Morgan fingerprint density at radius 2 is 1.89 bits per heavy atom. The molecule has 1 heterocycles. The topological polar surface area (TPSA) is 169 Å². The van der Waals surface area contributed by atoms with Gasteiger partial charge in [0, 0.05) is 18.2 Å². The highest BCUT2D eigenvalue weighted by Crippen LogP contribution is 2.35. The Hall–Kier alpha value is -4.35. The number of carbonyl (C=O) groups is 1. The fourth-order valence-corrected chi connectivity index (χ4v) is 3.38. The van der Waals surface area contributed by atoms with Crippen molar-refractivity contribution in [3.63, 3.8) is 0 Å². The van der Waals surface area contributed by atoms with Crippen LogP contribution in [0.2, 0.25) is 0 Å². The summed E-state index contributed by atoms with van der Waals surface area (Å²) in [6, 6.07) is 11.0. The molecule has 0 fully saturated rings. The number of hydrogen-bond acceptors (Lipinski definition) is 9. The lowest BCUT2D eigenvalue weighted by atomic mass is 10.00. The lowest BCUT2D eigenvalue weighted by Gasteiger charge is -2.15. The number of H-pyrrole nitrogens is 1. The number of ether oxygens (including phenoxy) is 2. The molecule has 0 aliphatic heterocycles. The van der Waals surface area contributed by atoms with Crippen molar-refractivity contribution in [2.45, 2.75) is 6.92 Å². The molecule has 0 bridgehead atoms. The molecule has 0 amide bonds. The predicted octanol–water partition coefficient (Wildman–Crippen LogP) is 2.41. The van der Waals surface area contributed by atoms with Crippen LogP contribution < -0.4 is 32.0 Å². The van der Waals surface area contributed by atoms with E-state index in [4.69, 9.17) is 26.2 Å². The molecule has 0 aliphatic carbocycles. The van der Waals surface area contributed by atoms with Crippen LogP contribution in [0, 0.1) is 0 Å². The summed E-state index contributed by atoms with van der Waals surface area (Å²) in [4.78, 5) is 32.3. The Kier molecular flexibility index (Phi) is 8.66. The number of carboxylic acid groups (broad SMARTS) is 1. The molecule has 0 unspecified atom stereocenters. The molecule has 0 spiro atoms. The van der Waals surface area contributed by atoms with E-state index in [-0.39, 0.29) is 17.3 Å². The summed E-state index contributed by atoms with van der Waals surface area (Å²) in [6.45, 7) is 3.39. The van der Waals surface area contributed by atoms with Crippen molar-refractivity contribution >= 4 is 23.6 Å². The minimum atomic E-state index is -1.06. The van der Waals surface area contributed by atoms with Gasteiger partial charge in [-0.3, -0.25) is 4.79 Å². The van der Waals surface area contributed by atoms with Crippen molar-refractivity contribution in [3.8, 4) is 34.0 Å². The molecule has 0 saturated heterocycles. The first-order valence-electron chi connectivity index (χ1n) is 11.2. The highest BCUT2D eigenvalue weighted by molar-refractivity contribution is 5.86. The van der Waals surface area contributed by atoms with Crippen molar-refractivity contribution in [1.82, 2.24) is 14.9 Å². The van der Waals surface area contributed by atoms with Crippen molar-refractivity contribution < 1.29 is 19.4 Å². The number of nitrogens with one attached hydrogen (secondary N) is 2. The molecule has 7 N–H and O–H groups in total. The molecule has 3 aromatic rings. The predicted molar refractivity (Wildman–Crippen MR) is 140 cm³/mol. The number of nitrogens with zero attached hydrogens (tertiary/aromatic N) is 2. The van der Waals surface area contributed by atoms with Gasteiger partial charge in [0.05, 0.1) is 12.2 Å². The van der Waals surface area contributed by atoms with Gasteiger partial charge in [0.15, 0.2) is 5.82 Å². The monoisotopic (exact) mass is 494 g/mol. The normalized spacial score (nSPS) is 11.1. The summed E-state index contributed by atoms with van der Waals surface area (Å²) < 4.78 is 11.7. The SMILES string of the molecule is CCOc1cc(-c2ccc(OCCN(C)C)c(/C=C/C(=O)O)c2)ccc1-c1nc(NN)c(N)c(=O)[nH]1. The Morgan fingerprint density at radius 1 is 1.17 bits per heavy atom. The molecule has 1 aromatic heterocycles. The van der Waals surface area contributed by atoms with E-state index >= 15 is 0 Å². The number of carboxylic acids is 1. The molecule has 0 aliphatic rings. The number of nitrogen functional groups attached to an aromatic ring is 2. The number of likely N-dealkylation sites (N-methyl/N-ethyl adjacent to an activating group) is 1. The Bertz CT molecular complexity index is 1320. The van der Waals surface area contributed by atoms with Crippen LogP contribution in [0.3, 0.4) is 0 Å². The van der Waals surface area contributed by atoms with Gasteiger partial charge < -0.3 is 35.6 Å². The minimum Gasteiger partial charge on any atom is -0.493 e. The lowest BCUT2D eigenvalue weighted by molar-refractivity contribution is -0.131. The van der Waals surface area contributed by atoms with Gasteiger partial charge in [-0.25, -0.2) is 15.6 Å². The number of aromatic amines is 1. The molecule has 36 heavy (non-hydrogen) atoms. The lowest BCUT2D eigenvalue weighted by Crippen LogP contribution is -2.20. The number of benzene rings is 2. The van der Waals surface area contributed by atoms with Gasteiger partial charge in [0.1, 0.15) is 29.6 Å². The smallest absolute Gasteiger partial charge is 0.328 e. The summed E-state index contributed by atoms with van der Waals surface area (Å²) in [5.74, 6) is 5.75. The van der Waals surface area contributed by atoms with Crippen LogP contribution in [0.1, 0.15) is 12.5 Å². The van der Waals surface area contributed by atoms with Crippen molar-refractivity contribution in [1.29, 1.82) is 0 Å². The number of nitrogens with two attached hydrogens (primary N) is 2. The Morgan fingerprint density at radius 3 is 2.56 bits per heavy atom. The minimum absolute atomic E-state index is 0.0555. The van der Waals surface area contributed by atoms with Crippen LogP contribution in [0.5, 0.6) is 11.5 Å². The number of aliphatic carboxylic acids is 1. The third kappa shape index (κ3) is 6.40. The second-order valence-corrected chi connectivity index (χ2v) is 8.04. The zero-order chi connectivity index (χ0) is 26.2. The summed E-state index contributed by atoms with van der Waals surface area (Å²) in [7, 11) is 3.89. The first kappa shape index (κ1) is 26.3. The molecule has 0 radical (unpaired) electrons. The average molecular weight is 495 g/mol. The van der Waals surface area contributed by atoms with Crippen molar-refractivity contribution in [2.75, 3.05) is 45.0 Å². The number of rotatable bonds is 11. The Labute approximate surface area is 208 Å². The average Bonchev–Trinajstić information content (AvgIpc) is 2.84. The maximum Gasteiger partial charge on any atom is 0.328 e. The van der Waals surface area contributed by atoms with Crippen LogP contribution in [-0.4, -0.2) is 59.8 Å². The molecular weight excluding hydrogens is 464 g/mol. The molecule has 0 saturated carbocycles. The summed E-state index contributed by atoms with van der Waals surface area (Å²) in [5.41, 5.74) is 10.2. The zero-order valence-corrected chi connectivity index (χ0v) is 20.4. The van der Waals surface area contributed by atoms with Gasteiger partial charge >= 0.3 is 5.97 Å². The standard InChI is InChI=1S/C25H30N6O5/c1-4-35-20-14-16(5-8-18(20)23-28-24(30-27)22(26)25(34)29-23)15-6-9-19(36-12-11-31(2)3)17(13-15)7-10-21(32)33/h5-10,13-14H,4,11-12,26-27H2,1-3H3,(H,32,33)(H2,28,29,30,34)/b10-7+. The number of hydrazine groups is 1. The van der Waals surface area contributed by atoms with Crippen LogP contribution in [0.4, 0.5) is 11.5 Å². The molecule has 11 nitrogen and oxygen atoms in total. The zero-order valence-electron chi connectivity index (χ0n) is 20.4. The van der Waals surface area contributed by atoms with Gasteiger partial charge in [-0.2, -0.15) is 0 Å². The second kappa shape index (κ2) is 11.9. The Balaban J connectivity index is 2.04. The van der Waals surface area contributed by atoms with Crippen LogP contribution >= 0.6 is 0 Å². The summed E-state index contributed by atoms with van der Waals surface area (Å²) >= 11 is 0. The quantitative estimate of drug-likeness (QED) is 0.152. The van der Waals surface area contributed by atoms with Crippen LogP contribution in [-0.2, 0) is 4.79 Å². The van der Waals surface area contributed by atoms with E-state index in [1.807, 2.05) is 50.2 Å². The largest absolute Gasteiger partial charge is 0.493 e. The third-order valence-electron chi connectivity index (χ3n) is 5.17. The van der Waals surface area contributed by atoms with Crippen molar-refractivity contribution in [2.24, 2.45) is 5.84 Å². The van der Waals surface area contributed by atoms with Gasteiger partial charge in [-0.05, 0) is 62.5 Å². The fraction of sp³-hybridized carbons (Fsp3) is 0.240. The summed E-state index contributed by atoms with van der Waals surface area (Å²) in [6.07, 6.45) is 2.57. The van der Waals surface area contributed by atoms with Gasteiger partial charge in [0.2, 0.25) is 0 Å². The van der Waals surface area contributed by atoms with E-state index in [1.54, 1.807) is 12.1 Å². The third-order valence-corrected chi connectivity index (χ3v) is 5.17. The van der Waals surface area contributed by atoms with E-state index in [0.29, 0.717) is 42.4 Å². The maximum atomic E-state index is 12.2. The van der Waals surface area contributed by atoms with E-state index in [1.165, 1.54) is 6.08 Å².